The van der Waals surface area contributed by atoms with Crippen LogP contribution in [0.2, 0.25) is 0 Å². The summed E-state index contributed by atoms with van der Waals surface area (Å²) < 4.78 is 17.4. The number of ether oxygens (including phenoxy) is 2. The Kier molecular flexibility index (Phi) is 4.13. The minimum Gasteiger partial charge on any atom is -0.497 e. The lowest BCUT2D eigenvalue weighted by Gasteiger charge is -2.27. The number of hydrogen-bond donors (Lipinski definition) is 0. The largest absolute Gasteiger partial charge is 0.497 e. The lowest BCUT2D eigenvalue weighted by molar-refractivity contribution is 0.0849. The van der Waals surface area contributed by atoms with Gasteiger partial charge >= 0.3 is 0 Å². The molecule has 4 heteroatoms. The number of furan rings is 1. The predicted octanol–water partition coefficient (Wildman–Crippen LogP) is 6.12. The summed E-state index contributed by atoms with van der Waals surface area (Å²) in [7, 11) is 1.63. The van der Waals surface area contributed by atoms with Crippen LogP contribution in [0, 0.1) is 6.92 Å². The zero-order chi connectivity index (χ0) is 20.0. The predicted molar refractivity (Wildman–Crippen MR) is 112 cm³/mol. The highest BCUT2D eigenvalue weighted by molar-refractivity contribution is 6.07. The van der Waals surface area contributed by atoms with Gasteiger partial charge in [-0.05, 0) is 36.2 Å². The second-order valence-corrected chi connectivity index (χ2v) is 7.28. The van der Waals surface area contributed by atoms with Crippen LogP contribution < -0.4 is 9.47 Å². The highest BCUT2D eigenvalue weighted by Crippen LogP contribution is 2.43. The zero-order valence-corrected chi connectivity index (χ0v) is 16.3. The van der Waals surface area contributed by atoms with Gasteiger partial charge in [0.1, 0.15) is 23.2 Å². The maximum Gasteiger partial charge on any atom is 0.170 e. The van der Waals surface area contributed by atoms with Gasteiger partial charge in [-0.15, -0.1) is 0 Å². The number of benzene rings is 3. The number of carbonyl (C=O) groups is 1. The Morgan fingerprint density at radius 1 is 1.00 bits per heavy atom. The van der Waals surface area contributed by atoms with Crippen LogP contribution in [0.25, 0.3) is 22.1 Å². The Morgan fingerprint density at radius 2 is 1.76 bits per heavy atom. The number of rotatable bonds is 3. The minimum atomic E-state index is -0.319. The molecule has 29 heavy (non-hydrogen) atoms. The molecule has 0 spiro atoms. The Morgan fingerprint density at radius 3 is 2.48 bits per heavy atom. The third-order valence-electron chi connectivity index (χ3n) is 5.55. The van der Waals surface area contributed by atoms with Crippen LogP contribution in [0.5, 0.6) is 11.5 Å². The zero-order valence-electron chi connectivity index (χ0n) is 16.3. The number of ketones is 1. The number of methoxy groups -OCH3 is 1. The van der Waals surface area contributed by atoms with Crippen LogP contribution in [0.3, 0.4) is 0 Å². The molecule has 5 rings (SSSR count). The van der Waals surface area contributed by atoms with E-state index in [2.05, 4.69) is 0 Å². The van der Waals surface area contributed by atoms with Gasteiger partial charge in [-0.25, -0.2) is 0 Å². The van der Waals surface area contributed by atoms with Crippen LogP contribution in [0.4, 0.5) is 0 Å². The molecule has 1 atom stereocenters. The summed E-state index contributed by atoms with van der Waals surface area (Å²) in [5.41, 5.74) is 5.23. The molecule has 144 valence electrons. The van der Waals surface area contributed by atoms with Crippen molar-refractivity contribution < 1.29 is 18.7 Å². The van der Waals surface area contributed by atoms with Gasteiger partial charge in [0.2, 0.25) is 0 Å². The fourth-order valence-corrected chi connectivity index (χ4v) is 3.98. The number of Topliss-reactive ketones (excluding diaryl/α,β-unsaturated/α-hetero) is 1. The van der Waals surface area contributed by atoms with Crippen molar-refractivity contribution in [1.29, 1.82) is 0 Å². The molecule has 3 aromatic carbocycles. The van der Waals surface area contributed by atoms with Crippen molar-refractivity contribution in [3.05, 3.63) is 83.6 Å². The fraction of sp³-hybridized carbons (Fsp3) is 0.160. The summed E-state index contributed by atoms with van der Waals surface area (Å²) >= 11 is 0. The van der Waals surface area contributed by atoms with E-state index >= 15 is 0 Å². The van der Waals surface area contributed by atoms with Gasteiger partial charge in [-0.2, -0.15) is 0 Å². The molecule has 0 saturated heterocycles. The molecular formula is C25H20O4. The van der Waals surface area contributed by atoms with Crippen LogP contribution in [0.1, 0.15) is 34.0 Å². The van der Waals surface area contributed by atoms with Crippen molar-refractivity contribution in [1.82, 2.24) is 0 Å². The van der Waals surface area contributed by atoms with Crippen LogP contribution >= 0.6 is 0 Å². The minimum absolute atomic E-state index is 0.0808. The van der Waals surface area contributed by atoms with E-state index in [4.69, 9.17) is 13.9 Å². The first-order valence-corrected chi connectivity index (χ1v) is 9.59. The number of hydrogen-bond acceptors (Lipinski definition) is 4. The van der Waals surface area contributed by atoms with Crippen molar-refractivity contribution in [3.63, 3.8) is 0 Å². The van der Waals surface area contributed by atoms with Gasteiger partial charge in [-0.1, -0.05) is 42.5 Å². The average Bonchev–Trinajstić information content (AvgIpc) is 3.19. The maximum absolute atomic E-state index is 13.0. The topological polar surface area (TPSA) is 48.7 Å². The summed E-state index contributed by atoms with van der Waals surface area (Å²) in [6.45, 7) is 1.95. The third-order valence-corrected chi connectivity index (χ3v) is 5.55. The van der Waals surface area contributed by atoms with Gasteiger partial charge in [0.15, 0.2) is 5.78 Å². The highest BCUT2D eigenvalue weighted by Gasteiger charge is 2.31. The molecule has 4 aromatic rings. The molecule has 1 unspecified atom stereocenters. The molecule has 0 aliphatic carbocycles. The fourth-order valence-electron chi connectivity index (χ4n) is 3.98. The summed E-state index contributed by atoms with van der Waals surface area (Å²) in [6, 6.07) is 19.6. The molecule has 0 saturated carbocycles. The molecule has 1 aliphatic rings. The van der Waals surface area contributed by atoms with E-state index in [-0.39, 0.29) is 11.9 Å². The van der Waals surface area contributed by atoms with E-state index < -0.39 is 0 Å². The van der Waals surface area contributed by atoms with Crippen LogP contribution in [-0.2, 0) is 0 Å². The van der Waals surface area contributed by atoms with E-state index in [1.807, 2.05) is 67.6 Å². The molecule has 1 aromatic heterocycles. The molecule has 2 heterocycles. The van der Waals surface area contributed by atoms with Gasteiger partial charge < -0.3 is 13.9 Å². The second kappa shape index (κ2) is 6.82. The summed E-state index contributed by atoms with van der Waals surface area (Å²) in [5, 5.41) is 0.937. The van der Waals surface area contributed by atoms with E-state index in [9.17, 15) is 4.79 Å². The highest BCUT2D eigenvalue weighted by atomic mass is 16.5. The molecule has 4 nitrogen and oxygen atoms in total. The first kappa shape index (κ1) is 17.6. The molecule has 0 bridgehead atoms. The lowest BCUT2D eigenvalue weighted by atomic mass is 9.92. The van der Waals surface area contributed by atoms with Crippen molar-refractivity contribution in [2.75, 3.05) is 7.11 Å². The summed E-state index contributed by atoms with van der Waals surface area (Å²) in [6.07, 6.45) is 1.74. The van der Waals surface area contributed by atoms with Gasteiger partial charge in [-0.3, -0.25) is 4.79 Å². The molecule has 0 N–H and O–H groups in total. The van der Waals surface area contributed by atoms with E-state index in [1.54, 1.807) is 13.4 Å². The molecule has 0 amide bonds. The van der Waals surface area contributed by atoms with Gasteiger partial charge in [0.05, 0.1) is 25.4 Å². The maximum atomic E-state index is 13.0. The summed E-state index contributed by atoms with van der Waals surface area (Å²) in [4.78, 5) is 13.0. The van der Waals surface area contributed by atoms with Crippen LogP contribution in [-0.4, -0.2) is 12.9 Å². The molecular weight excluding hydrogens is 364 g/mol. The van der Waals surface area contributed by atoms with E-state index in [0.717, 1.165) is 39.0 Å². The Hall–Kier alpha value is -3.53. The molecule has 0 fully saturated rings. The Labute approximate surface area is 168 Å². The van der Waals surface area contributed by atoms with E-state index in [0.29, 0.717) is 17.7 Å². The van der Waals surface area contributed by atoms with Crippen LogP contribution in [0.15, 0.2) is 71.3 Å². The SMILES string of the molecule is COc1ccc(C2CC(=O)c3cc4c(-c5ccccc5)coc4c(C)c3O2)cc1. The average molecular weight is 384 g/mol. The molecule has 1 aliphatic heterocycles. The lowest BCUT2D eigenvalue weighted by Crippen LogP contribution is -2.21. The second-order valence-electron chi connectivity index (χ2n) is 7.28. The number of carbonyl (C=O) groups excluding carboxylic acids is 1. The van der Waals surface area contributed by atoms with Gasteiger partial charge in [0, 0.05) is 16.5 Å². The Bertz CT molecular complexity index is 1200. The standard InChI is InChI=1S/C25H20O4/c1-15-24-19(21(14-28-24)16-6-4-3-5-7-16)12-20-22(26)13-23(29-25(15)20)17-8-10-18(27-2)11-9-17/h3-12,14,23H,13H2,1-2H3. The van der Waals surface area contributed by atoms with Gasteiger partial charge in [0.25, 0.3) is 0 Å². The van der Waals surface area contributed by atoms with Crippen molar-refractivity contribution >= 4 is 16.8 Å². The van der Waals surface area contributed by atoms with Crippen molar-refractivity contribution in [2.45, 2.75) is 19.4 Å². The monoisotopic (exact) mass is 384 g/mol. The summed E-state index contributed by atoms with van der Waals surface area (Å²) in [5.74, 6) is 1.47. The van der Waals surface area contributed by atoms with Crippen molar-refractivity contribution in [2.24, 2.45) is 0 Å². The van der Waals surface area contributed by atoms with Crippen molar-refractivity contribution in [3.8, 4) is 22.6 Å². The smallest absolute Gasteiger partial charge is 0.170 e. The quantitative estimate of drug-likeness (QED) is 0.427. The normalized spacial score (nSPS) is 15.8. The number of fused-ring (bicyclic) bond motifs is 2. The Balaban J connectivity index is 1.59. The first-order chi connectivity index (χ1) is 14.2. The van der Waals surface area contributed by atoms with E-state index in [1.165, 1.54) is 0 Å². The number of aryl methyl sites for hydroxylation is 1. The first-order valence-electron chi connectivity index (χ1n) is 9.59. The third kappa shape index (κ3) is 2.88. The molecule has 0 radical (unpaired) electrons.